The van der Waals surface area contributed by atoms with Gasteiger partial charge in [-0.25, -0.2) is 14.4 Å². The molecule has 0 unspecified atom stereocenters. The zero-order valence-electron chi connectivity index (χ0n) is 15.7. The number of benzene rings is 1. The van der Waals surface area contributed by atoms with Crippen LogP contribution in [0.3, 0.4) is 0 Å². The van der Waals surface area contributed by atoms with Gasteiger partial charge in [0.05, 0.1) is 6.54 Å². The van der Waals surface area contributed by atoms with Gasteiger partial charge in [0, 0.05) is 30.9 Å². The molecule has 1 aliphatic carbocycles. The van der Waals surface area contributed by atoms with E-state index in [0.29, 0.717) is 17.1 Å². The lowest BCUT2D eigenvalue weighted by molar-refractivity contribution is -0.117. The number of likely N-dealkylation sites (N-methyl/N-ethyl adjacent to an activating group) is 1. The molecule has 0 N–H and O–H groups in total. The molecule has 0 saturated carbocycles. The number of halogens is 1. The first-order valence-electron chi connectivity index (χ1n) is 9.39. The highest BCUT2D eigenvalue weighted by Gasteiger charge is 2.23. The molecule has 0 atom stereocenters. The number of hydrogen-bond acceptors (Lipinski definition) is 5. The fourth-order valence-corrected chi connectivity index (χ4v) is 3.59. The standard InChI is InChI=1S/C22H21FN4O/c1-27(14-16(28)13-15-7-2-3-9-18(15)23)22-17-8-6-11-19(17)25-21(26-22)20-10-4-5-12-24-20/h2-5,7,9-10,12H,6,8,11,13-14H2,1H3. The third-order valence-corrected chi connectivity index (χ3v) is 4.93. The zero-order valence-corrected chi connectivity index (χ0v) is 15.7. The summed E-state index contributed by atoms with van der Waals surface area (Å²) in [5.74, 6) is 0.936. The van der Waals surface area contributed by atoms with Crippen LogP contribution in [0.25, 0.3) is 11.5 Å². The van der Waals surface area contributed by atoms with Crippen molar-refractivity contribution in [3.63, 3.8) is 0 Å². The highest BCUT2D eigenvalue weighted by atomic mass is 19.1. The summed E-state index contributed by atoms with van der Waals surface area (Å²) in [6.45, 7) is 0.166. The van der Waals surface area contributed by atoms with Crippen molar-refractivity contribution in [2.45, 2.75) is 25.7 Å². The fourth-order valence-electron chi connectivity index (χ4n) is 3.59. The van der Waals surface area contributed by atoms with E-state index >= 15 is 0 Å². The van der Waals surface area contributed by atoms with Crippen LogP contribution in [-0.4, -0.2) is 34.3 Å². The molecule has 0 fully saturated rings. The second-order valence-electron chi connectivity index (χ2n) is 7.03. The number of Topliss-reactive ketones (excluding diaryl/α,β-unsaturated/α-hetero) is 1. The molecule has 1 aromatic carbocycles. The molecule has 28 heavy (non-hydrogen) atoms. The van der Waals surface area contributed by atoms with Gasteiger partial charge >= 0.3 is 0 Å². The highest BCUT2D eigenvalue weighted by Crippen LogP contribution is 2.30. The van der Waals surface area contributed by atoms with Gasteiger partial charge in [-0.2, -0.15) is 0 Å². The fraction of sp³-hybridized carbons (Fsp3) is 0.273. The Morgan fingerprint density at radius 2 is 1.93 bits per heavy atom. The van der Waals surface area contributed by atoms with Crippen LogP contribution in [0.15, 0.2) is 48.7 Å². The van der Waals surface area contributed by atoms with E-state index in [2.05, 4.69) is 4.98 Å². The molecular formula is C22H21FN4O. The van der Waals surface area contributed by atoms with E-state index in [1.807, 2.05) is 30.1 Å². The summed E-state index contributed by atoms with van der Waals surface area (Å²) in [6.07, 6.45) is 4.62. The quantitative estimate of drug-likeness (QED) is 0.660. The van der Waals surface area contributed by atoms with Gasteiger partial charge in [-0.05, 0) is 43.0 Å². The average Bonchev–Trinajstić information content (AvgIpc) is 3.18. The van der Waals surface area contributed by atoms with Gasteiger partial charge in [-0.15, -0.1) is 0 Å². The van der Waals surface area contributed by atoms with Gasteiger partial charge in [0.25, 0.3) is 0 Å². The summed E-state index contributed by atoms with van der Waals surface area (Å²) >= 11 is 0. The van der Waals surface area contributed by atoms with E-state index in [0.717, 1.165) is 36.3 Å². The van der Waals surface area contributed by atoms with Gasteiger partial charge in [0.1, 0.15) is 17.3 Å². The first kappa shape index (κ1) is 18.2. The Labute approximate surface area is 163 Å². The molecule has 3 aromatic rings. The Balaban J connectivity index is 1.58. The maximum Gasteiger partial charge on any atom is 0.180 e. The van der Waals surface area contributed by atoms with Crippen LogP contribution in [0.2, 0.25) is 0 Å². The zero-order chi connectivity index (χ0) is 19.5. The summed E-state index contributed by atoms with van der Waals surface area (Å²) in [4.78, 5) is 28.1. The SMILES string of the molecule is CN(CC(=O)Cc1ccccc1F)c1nc(-c2ccccn2)nc2c1CCC2. The van der Waals surface area contributed by atoms with Crippen LogP contribution in [0.4, 0.5) is 10.2 Å². The van der Waals surface area contributed by atoms with Gasteiger partial charge in [0.2, 0.25) is 0 Å². The summed E-state index contributed by atoms with van der Waals surface area (Å²) in [5.41, 5.74) is 3.26. The Hall–Kier alpha value is -3.15. The third kappa shape index (κ3) is 3.76. The number of carbonyl (C=O) groups is 1. The van der Waals surface area contributed by atoms with E-state index < -0.39 is 0 Å². The second-order valence-corrected chi connectivity index (χ2v) is 7.03. The van der Waals surface area contributed by atoms with Crippen LogP contribution in [0.1, 0.15) is 23.2 Å². The Bertz CT molecular complexity index is 1010. The van der Waals surface area contributed by atoms with Crippen LogP contribution in [0, 0.1) is 5.82 Å². The number of aryl methyl sites for hydroxylation is 1. The van der Waals surface area contributed by atoms with E-state index in [4.69, 9.17) is 9.97 Å². The molecule has 2 aromatic heterocycles. The van der Waals surface area contributed by atoms with Gasteiger partial charge in [-0.1, -0.05) is 24.3 Å². The van der Waals surface area contributed by atoms with Crippen LogP contribution < -0.4 is 4.90 Å². The van der Waals surface area contributed by atoms with Crippen molar-refractivity contribution in [3.8, 4) is 11.5 Å². The maximum absolute atomic E-state index is 13.8. The predicted molar refractivity (Wildman–Crippen MR) is 106 cm³/mol. The van der Waals surface area contributed by atoms with E-state index in [1.54, 1.807) is 24.4 Å². The molecule has 5 nitrogen and oxygen atoms in total. The maximum atomic E-state index is 13.8. The average molecular weight is 376 g/mol. The predicted octanol–water partition coefficient (Wildman–Crippen LogP) is 3.41. The molecule has 0 bridgehead atoms. The normalized spacial score (nSPS) is 12.6. The number of pyridine rings is 1. The summed E-state index contributed by atoms with van der Waals surface area (Å²) in [6, 6.07) is 12.0. The molecule has 142 valence electrons. The van der Waals surface area contributed by atoms with Gasteiger partial charge < -0.3 is 4.90 Å². The first-order chi connectivity index (χ1) is 13.6. The summed E-state index contributed by atoms with van der Waals surface area (Å²) in [5, 5.41) is 0. The van der Waals surface area contributed by atoms with Crippen LogP contribution in [-0.2, 0) is 24.1 Å². The van der Waals surface area contributed by atoms with Gasteiger partial charge in [0.15, 0.2) is 11.6 Å². The molecular weight excluding hydrogens is 355 g/mol. The molecule has 4 rings (SSSR count). The number of anilines is 1. The molecule has 0 saturated heterocycles. The lowest BCUT2D eigenvalue weighted by Crippen LogP contribution is -2.29. The number of rotatable bonds is 6. The van der Waals surface area contributed by atoms with Crippen molar-refractivity contribution in [1.29, 1.82) is 0 Å². The lowest BCUT2D eigenvalue weighted by Gasteiger charge is -2.21. The van der Waals surface area contributed by atoms with E-state index in [-0.39, 0.29) is 24.6 Å². The van der Waals surface area contributed by atoms with Crippen molar-refractivity contribution in [2.75, 3.05) is 18.5 Å². The topological polar surface area (TPSA) is 59.0 Å². The van der Waals surface area contributed by atoms with Gasteiger partial charge in [-0.3, -0.25) is 9.78 Å². The highest BCUT2D eigenvalue weighted by molar-refractivity contribution is 5.85. The molecule has 1 aliphatic rings. The third-order valence-electron chi connectivity index (χ3n) is 4.93. The molecule has 0 aliphatic heterocycles. The first-order valence-corrected chi connectivity index (χ1v) is 9.39. The minimum absolute atomic E-state index is 0.0580. The Morgan fingerprint density at radius 1 is 1.11 bits per heavy atom. The summed E-state index contributed by atoms with van der Waals surface area (Å²) < 4.78 is 13.8. The van der Waals surface area contributed by atoms with E-state index in [1.165, 1.54) is 6.07 Å². The van der Waals surface area contributed by atoms with Crippen LogP contribution >= 0.6 is 0 Å². The molecule has 6 heteroatoms. The second kappa shape index (κ2) is 7.84. The summed E-state index contributed by atoms with van der Waals surface area (Å²) in [7, 11) is 1.85. The Morgan fingerprint density at radius 3 is 2.71 bits per heavy atom. The minimum Gasteiger partial charge on any atom is -0.352 e. The minimum atomic E-state index is -0.348. The van der Waals surface area contributed by atoms with Crippen molar-refractivity contribution in [3.05, 3.63) is 71.3 Å². The van der Waals surface area contributed by atoms with E-state index in [9.17, 15) is 9.18 Å². The largest absolute Gasteiger partial charge is 0.352 e. The van der Waals surface area contributed by atoms with Crippen LogP contribution in [0.5, 0.6) is 0 Å². The number of nitrogens with zero attached hydrogens (tertiary/aromatic N) is 4. The van der Waals surface area contributed by atoms with Crippen molar-refractivity contribution in [2.24, 2.45) is 0 Å². The number of ketones is 1. The number of aromatic nitrogens is 3. The number of hydrogen-bond donors (Lipinski definition) is 0. The van der Waals surface area contributed by atoms with Crippen molar-refractivity contribution >= 4 is 11.6 Å². The molecule has 0 amide bonds. The van der Waals surface area contributed by atoms with Crippen molar-refractivity contribution < 1.29 is 9.18 Å². The molecule has 0 radical (unpaired) electrons. The molecule has 0 spiro atoms. The number of fused-ring (bicyclic) bond motifs is 1. The van der Waals surface area contributed by atoms with Crippen molar-refractivity contribution in [1.82, 2.24) is 15.0 Å². The molecule has 2 heterocycles. The smallest absolute Gasteiger partial charge is 0.180 e. The monoisotopic (exact) mass is 376 g/mol. The Kier molecular flexibility index (Phi) is 5.10. The lowest BCUT2D eigenvalue weighted by atomic mass is 10.1. The number of carbonyl (C=O) groups excluding carboxylic acids is 1.